The van der Waals surface area contributed by atoms with E-state index >= 15 is 0 Å². The van der Waals surface area contributed by atoms with Crippen LogP contribution in [0.3, 0.4) is 0 Å². The van der Waals surface area contributed by atoms with Crippen LogP contribution >= 0.6 is 0 Å². The first-order valence-corrected chi connectivity index (χ1v) is 9.54. The molecule has 1 fully saturated rings. The molecule has 0 spiro atoms. The van der Waals surface area contributed by atoms with Crippen molar-refractivity contribution < 1.29 is 9.90 Å². The number of carboxylic acids is 1. The van der Waals surface area contributed by atoms with Gasteiger partial charge in [-0.25, -0.2) is 0 Å². The fourth-order valence-electron chi connectivity index (χ4n) is 3.95. The molecule has 3 nitrogen and oxygen atoms in total. The monoisotopic (exact) mass is 311 g/mol. The van der Waals surface area contributed by atoms with Crippen LogP contribution in [0, 0.1) is 0 Å². The molecule has 3 heteroatoms. The third-order valence-electron chi connectivity index (χ3n) is 5.37. The molecule has 0 amide bonds. The molecule has 0 radical (unpaired) electrons. The third kappa shape index (κ3) is 5.91. The first-order valence-electron chi connectivity index (χ1n) is 9.54. The number of hydrogen-bond acceptors (Lipinski definition) is 2. The number of carbonyl (C=O) groups is 1. The van der Waals surface area contributed by atoms with Gasteiger partial charge in [-0.3, -0.25) is 9.69 Å². The number of carboxylic acid groups (broad SMARTS) is 1. The Morgan fingerprint density at radius 2 is 1.59 bits per heavy atom. The van der Waals surface area contributed by atoms with Gasteiger partial charge in [0.1, 0.15) is 6.04 Å². The van der Waals surface area contributed by atoms with Crippen molar-refractivity contribution in [1.82, 2.24) is 4.90 Å². The van der Waals surface area contributed by atoms with Crippen LogP contribution in [0.15, 0.2) is 0 Å². The number of aliphatic carboxylic acids is 1. The molecule has 1 unspecified atom stereocenters. The van der Waals surface area contributed by atoms with Crippen LogP contribution in [0.25, 0.3) is 0 Å². The summed E-state index contributed by atoms with van der Waals surface area (Å²) < 4.78 is 0. The zero-order chi connectivity index (χ0) is 16.4. The molecule has 0 saturated carbocycles. The third-order valence-corrected chi connectivity index (χ3v) is 5.37. The highest BCUT2D eigenvalue weighted by atomic mass is 16.4. The molecular formula is C19H37NO2. The number of nitrogens with zero attached hydrogens (tertiary/aromatic N) is 1. The average Bonchev–Trinajstić information content (AvgIpc) is 2.99. The maximum atomic E-state index is 11.6. The molecule has 0 bridgehead atoms. The Kier molecular flexibility index (Phi) is 9.08. The predicted octanol–water partition coefficient (Wildman–Crippen LogP) is 5.23. The predicted molar refractivity (Wildman–Crippen MR) is 93.3 cm³/mol. The van der Waals surface area contributed by atoms with Crippen LogP contribution in [0.2, 0.25) is 0 Å². The van der Waals surface area contributed by atoms with Crippen molar-refractivity contribution in [3.05, 3.63) is 0 Å². The van der Waals surface area contributed by atoms with Gasteiger partial charge in [0.15, 0.2) is 0 Å². The van der Waals surface area contributed by atoms with Crippen molar-refractivity contribution in [1.29, 1.82) is 0 Å². The summed E-state index contributed by atoms with van der Waals surface area (Å²) in [5, 5.41) is 9.52. The second kappa shape index (κ2) is 10.3. The molecule has 0 aromatic heterocycles. The van der Waals surface area contributed by atoms with Gasteiger partial charge >= 0.3 is 5.97 Å². The van der Waals surface area contributed by atoms with E-state index in [-0.39, 0.29) is 11.6 Å². The van der Waals surface area contributed by atoms with E-state index in [4.69, 9.17) is 0 Å². The van der Waals surface area contributed by atoms with E-state index in [1.54, 1.807) is 0 Å². The van der Waals surface area contributed by atoms with Crippen molar-refractivity contribution in [3.8, 4) is 0 Å². The van der Waals surface area contributed by atoms with Gasteiger partial charge in [-0.2, -0.15) is 0 Å². The van der Waals surface area contributed by atoms with Gasteiger partial charge in [0.05, 0.1) is 0 Å². The summed E-state index contributed by atoms with van der Waals surface area (Å²) in [4.78, 5) is 13.9. The molecule has 22 heavy (non-hydrogen) atoms. The van der Waals surface area contributed by atoms with E-state index < -0.39 is 5.97 Å². The number of hydrogen-bond donors (Lipinski definition) is 1. The lowest BCUT2D eigenvalue weighted by molar-refractivity contribution is -0.144. The summed E-state index contributed by atoms with van der Waals surface area (Å²) in [6, 6.07) is -0.248. The van der Waals surface area contributed by atoms with Crippen molar-refractivity contribution in [3.63, 3.8) is 0 Å². The minimum Gasteiger partial charge on any atom is -0.480 e. The second-order valence-corrected chi connectivity index (χ2v) is 7.31. The zero-order valence-electron chi connectivity index (χ0n) is 15.1. The van der Waals surface area contributed by atoms with Gasteiger partial charge < -0.3 is 5.11 Å². The van der Waals surface area contributed by atoms with E-state index in [1.807, 2.05) is 0 Å². The van der Waals surface area contributed by atoms with Crippen LogP contribution in [0.1, 0.15) is 97.8 Å². The summed E-state index contributed by atoms with van der Waals surface area (Å²) in [5.41, 5.74) is 0.0844. The highest BCUT2D eigenvalue weighted by Crippen LogP contribution is 2.35. The normalized spacial score (nSPS) is 19.7. The lowest BCUT2D eigenvalue weighted by Crippen LogP contribution is -2.51. The van der Waals surface area contributed by atoms with E-state index in [1.165, 1.54) is 51.4 Å². The molecule has 1 atom stereocenters. The van der Waals surface area contributed by atoms with Gasteiger partial charge in [0, 0.05) is 5.54 Å². The first-order chi connectivity index (χ1) is 10.5. The van der Waals surface area contributed by atoms with Gasteiger partial charge in [-0.1, -0.05) is 65.2 Å². The first kappa shape index (κ1) is 19.5. The lowest BCUT2D eigenvalue weighted by Gasteiger charge is -2.42. The van der Waals surface area contributed by atoms with Crippen molar-refractivity contribution >= 4 is 5.97 Å². The second-order valence-electron chi connectivity index (χ2n) is 7.31. The largest absolute Gasteiger partial charge is 0.480 e. The highest BCUT2D eigenvalue weighted by molar-refractivity contribution is 5.74. The Bertz CT molecular complexity index is 305. The van der Waals surface area contributed by atoms with Crippen molar-refractivity contribution in [2.24, 2.45) is 0 Å². The fraction of sp³-hybridized carbons (Fsp3) is 0.947. The Balaban J connectivity index is 2.64. The lowest BCUT2D eigenvalue weighted by atomic mass is 9.85. The Morgan fingerprint density at radius 1 is 1.05 bits per heavy atom. The fourth-order valence-corrected chi connectivity index (χ4v) is 3.95. The topological polar surface area (TPSA) is 40.5 Å². The molecule has 1 aliphatic rings. The standard InChI is InChI=1S/C19H37NO2/c1-4-6-8-10-14-19(3,15-11-9-7-5-2)20-16-12-13-17(20)18(21)22/h17H,4-16H2,1-3H3,(H,21,22). The molecule has 1 N–H and O–H groups in total. The minimum absolute atomic E-state index is 0.0844. The highest BCUT2D eigenvalue weighted by Gasteiger charge is 2.41. The summed E-state index contributed by atoms with van der Waals surface area (Å²) in [6.07, 6.45) is 14.3. The van der Waals surface area contributed by atoms with E-state index in [0.717, 1.165) is 32.2 Å². The minimum atomic E-state index is -0.620. The van der Waals surface area contributed by atoms with E-state index in [2.05, 4.69) is 25.7 Å². The summed E-state index contributed by atoms with van der Waals surface area (Å²) in [6.45, 7) is 7.77. The van der Waals surface area contributed by atoms with Crippen LogP contribution in [-0.4, -0.2) is 34.1 Å². The number of likely N-dealkylation sites (tertiary alicyclic amines) is 1. The molecule has 1 heterocycles. The van der Waals surface area contributed by atoms with Crippen LogP contribution in [0.5, 0.6) is 0 Å². The molecule has 0 aliphatic carbocycles. The zero-order valence-corrected chi connectivity index (χ0v) is 15.1. The van der Waals surface area contributed by atoms with Gasteiger partial charge in [-0.15, -0.1) is 0 Å². The maximum Gasteiger partial charge on any atom is 0.320 e. The van der Waals surface area contributed by atoms with Gasteiger partial charge in [0.2, 0.25) is 0 Å². The molecule has 0 aromatic rings. The molecule has 1 aliphatic heterocycles. The summed E-state index contributed by atoms with van der Waals surface area (Å²) >= 11 is 0. The van der Waals surface area contributed by atoms with Crippen molar-refractivity contribution in [2.45, 2.75) is 109 Å². The average molecular weight is 312 g/mol. The maximum absolute atomic E-state index is 11.6. The molecule has 1 rings (SSSR count). The number of unbranched alkanes of at least 4 members (excludes halogenated alkanes) is 6. The Labute approximate surface area is 137 Å². The van der Waals surface area contributed by atoms with Crippen LogP contribution in [-0.2, 0) is 4.79 Å². The number of rotatable bonds is 12. The molecule has 130 valence electrons. The summed E-state index contributed by atoms with van der Waals surface area (Å²) in [7, 11) is 0. The van der Waals surface area contributed by atoms with E-state index in [0.29, 0.717) is 0 Å². The van der Waals surface area contributed by atoms with Crippen LogP contribution in [0.4, 0.5) is 0 Å². The molecular weight excluding hydrogens is 274 g/mol. The van der Waals surface area contributed by atoms with Crippen LogP contribution < -0.4 is 0 Å². The van der Waals surface area contributed by atoms with Gasteiger partial charge in [-0.05, 0) is 39.2 Å². The van der Waals surface area contributed by atoms with Gasteiger partial charge in [0.25, 0.3) is 0 Å². The van der Waals surface area contributed by atoms with Crippen molar-refractivity contribution in [2.75, 3.05) is 6.54 Å². The SMILES string of the molecule is CCCCCCC(C)(CCCCCC)N1CCCC1C(=O)O. The summed E-state index contributed by atoms with van der Waals surface area (Å²) in [5.74, 6) is -0.620. The quantitative estimate of drug-likeness (QED) is 0.501. The smallest absolute Gasteiger partial charge is 0.320 e. The van der Waals surface area contributed by atoms with E-state index in [9.17, 15) is 9.90 Å². The molecule has 1 saturated heterocycles. The Morgan fingerprint density at radius 3 is 2.05 bits per heavy atom. The Hall–Kier alpha value is -0.570. The molecule has 0 aromatic carbocycles.